The van der Waals surface area contributed by atoms with Crippen molar-refractivity contribution in [3.8, 4) is 11.5 Å². The molecule has 0 bridgehead atoms. The molecule has 28 heavy (non-hydrogen) atoms. The van der Waals surface area contributed by atoms with Crippen LogP contribution in [0.15, 0.2) is 30.3 Å². The molecule has 0 unspecified atom stereocenters. The second-order valence-electron chi connectivity index (χ2n) is 5.84. The van der Waals surface area contributed by atoms with Gasteiger partial charge in [-0.05, 0) is 31.0 Å². The first-order chi connectivity index (χ1) is 13.5. The van der Waals surface area contributed by atoms with Crippen molar-refractivity contribution in [3.05, 3.63) is 51.6 Å². The normalized spacial score (nSPS) is 10.7. The standard InChI is InChI=1S/C19H19N3O5S/c1-4-11-6-7-13-17(8-11)28-19(20-13)21-18(23)12-9-15(26-3)16(27-5-2)10-14(12)22(24)25/h6-10H,4-5H2,1-3H3,(H,20,21,23). The van der Waals surface area contributed by atoms with E-state index in [-0.39, 0.29) is 22.7 Å². The van der Waals surface area contributed by atoms with E-state index in [1.807, 2.05) is 18.2 Å². The van der Waals surface area contributed by atoms with E-state index in [2.05, 4.69) is 17.2 Å². The first-order valence-corrected chi connectivity index (χ1v) is 9.48. The van der Waals surface area contributed by atoms with Crippen LogP contribution in [-0.2, 0) is 6.42 Å². The summed E-state index contributed by atoms with van der Waals surface area (Å²) in [5, 5.41) is 14.5. The van der Waals surface area contributed by atoms with E-state index in [4.69, 9.17) is 9.47 Å². The van der Waals surface area contributed by atoms with Gasteiger partial charge in [0.1, 0.15) is 5.56 Å². The van der Waals surface area contributed by atoms with Crippen LogP contribution in [-0.4, -0.2) is 29.5 Å². The number of fused-ring (bicyclic) bond motifs is 1. The molecule has 1 N–H and O–H groups in total. The van der Waals surface area contributed by atoms with Gasteiger partial charge in [0.25, 0.3) is 11.6 Å². The van der Waals surface area contributed by atoms with Gasteiger partial charge in [-0.3, -0.25) is 20.2 Å². The Morgan fingerprint density at radius 3 is 2.68 bits per heavy atom. The van der Waals surface area contributed by atoms with Gasteiger partial charge in [-0.2, -0.15) is 0 Å². The number of carbonyl (C=O) groups is 1. The number of nitro groups is 1. The van der Waals surface area contributed by atoms with Gasteiger partial charge < -0.3 is 9.47 Å². The molecule has 1 amide bonds. The molecular weight excluding hydrogens is 382 g/mol. The number of nitro benzene ring substituents is 1. The van der Waals surface area contributed by atoms with E-state index in [0.29, 0.717) is 11.7 Å². The molecule has 0 atom stereocenters. The molecule has 146 valence electrons. The second-order valence-corrected chi connectivity index (χ2v) is 6.87. The number of aryl methyl sites for hydroxylation is 1. The van der Waals surface area contributed by atoms with Crippen molar-refractivity contribution in [1.82, 2.24) is 4.98 Å². The van der Waals surface area contributed by atoms with Crippen molar-refractivity contribution in [2.24, 2.45) is 0 Å². The zero-order valence-electron chi connectivity index (χ0n) is 15.6. The molecule has 8 nitrogen and oxygen atoms in total. The third-order valence-corrected chi connectivity index (χ3v) is 5.04. The number of nitrogens with one attached hydrogen (secondary N) is 1. The number of benzene rings is 2. The van der Waals surface area contributed by atoms with Crippen LogP contribution in [0.25, 0.3) is 10.2 Å². The molecule has 1 heterocycles. The summed E-state index contributed by atoms with van der Waals surface area (Å²) in [5.74, 6) is -0.183. The van der Waals surface area contributed by atoms with E-state index in [1.54, 1.807) is 6.92 Å². The number of anilines is 1. The summed E-state index contributed by atoms with van der Waals surface area (Å²) >= 11 is 1.32. The Labute approximate surface area is 165 Å². The highest BCUT2D eigenvalue weighted by atomic mass is 32.1. The van der Waals surface area contributed by atoms with E-state index in [1.165, 1.54) is 36.1 Å². The predicted molar refractivity (Wildman–Crippen MR) is 108 cm³/mol. The Balaban J connectivity index is 1.96. The zero-order chi connectivity index (χ0) is 20.3. The van der Waals surface area contributed by atoms with Gasteiger partial charge >= 0.3 is 0 Å². The van der Waals surface area contributed by atoms with Crippen molar-refractivity contribution >= 4 is 38.3 Å². The number of rotatable bonds is 7. The summed E-state index contributed by atoms with van der Waals surface area (Å²) in [6.45, 7) is 4.12. The maximum Gasteiger partial charge on any atom is 0.286 e. The largest absolute Gasteiger partial charge is 0.493 e. The first kappa shape index (κ1) is 19.6. The number of amides is 1. The van der Waals surface area contributed by atoms with Gasteiger partial charge in [0.2, 0.25) is 0 Å². The summed E-state index contributed by atoms with van der Waals surface area (Å²) in [6, 6.07) is 8.40. The van der Waals surface area contributed by atoms with Crippen molar-refractivity contribution in [2.45, 2.75) is 20.3 Å². The molecule has 2 aromatic carbocycles. The highest BCUT2D eigenvalue weighted by molar-refractivity contribution is 7.22. The lowest BCUT2D eigenvalue weighted by Gasteiger charge is -2.11. The average Bonchev–Trinajstić information content (AvgIpc) is 3.08. The Morgan fingerprint density at radius 2 is 2.04 bits per heavy atom. The maximum absolute atomic E-state index is 12.7. The van der Waals surface area contributed by atoms with Crippen LogP contribution in [0.3, 0.4) is 0 Å². The number of hydrogen-bond acceptors (Lipinski definition) is 7. The third-order valence-electron chi connectivity index (χ3n) is 4.10. The molecule has 0 saturated heterocycles. The van der Waals surface area contributed by atoms with Crippen molar-refractivity contribution in [3.63, 3.8) is 0 Å². The fourth-order valence-electron chi connectivity index (χ4n) is 2.72. The summed E-state index contributed by atoms with van der Waals surface area (Å²) in [5.41, 5.74) is 1.44. The number of methoxy groups -OCH3 is 1. The lowest BCUT2D eigenvalue weighted by molar-refractivity contribution is -0.385. The van der Waals surface area contributed by atoms with E-state index in [0.717, 1.165) is 16.6 Å². The fraction of sp³-hybridized carbons (Fsp3) is 0.263. The Morgan fingerprint density at radius 1 is 1.25 bits per heavy atom. The van der Waals surface area contributed by atoms with Crippen LogP contribution < -0.4 is 14.8 Å². The molecule has 0 spiro atoms. The van der Waals surface area contributed by atoms with Crippen molar-refractivity contribution < 1.29 is 19.2 Å². The molecule has 9 heteroatoms. The van der Waals surface area contributed by atoms with Crippen molar-refractivity contribution in [1.29, 1.82) is 0 Å². The van der Waals surface area contributed by atoms with Crippen LogP contribution in [0, 0.1) is 10.1 Å². The smallest absolute Gasteiger partial charge is 0.286 e. The molecule has 3 rings (SSSR count). The number of hydrogen-bond donors (Lipinski definition) is 1. The number of carbonyl (C=O) groups excluding carboxylic acids is 1. The molecule has 0 aliphatic rings. The van der Waals surface area contributed by atoms with Crippen LogP contribution in [0.5, 0.6) is 11.5 Å². The van der Waals surface area contributed by atoms with E-state index in [9.17, 15) is 14.9 Å². The van der Waals surface area contributed by atoms with Crippen LogP contribution in [0.2, 0.25) is 0 Å². The van der Waals surface area contributed by atoms with E-state index < -0.39 is 10.8 Å². The van der Waals surface area contributed by atoms with E-state index >= 15 is 0 Å². The molecule has 0 aliphatic carbocycles. The summed E-state index contributed by atoms with van der Waals surface area (Å²) in [4.78, 5) is 27.9. The molecule has 0 radical (unpaired) electrons. The summed E-state index contributed by atoms with van der Waals surface area (Å²) < 4.78 is 11.5. The van der Waals surface area contributed by atoms with Gasteiger partial charge in [-0.15, -0.1) is 0 Å². The van der Waals surface area contributed by atoms with Gasteiger partial charge in [0.05, 0.1) is 34.9 Å². The van der Waals surface area contributed by atoms with Gasteiger partial charge in [0.15, 0.2) is 16.6 Å². The first-order valence-electron chi connectivity index (χ1n) is 8.66. The summed E-state index contributed by atoms with van der Waals surface area (Å²) in [6.07, 6.45) is 0.897. The zero-order valence-corrected chi connectivity index (χ0v) is 16.5. The van der Waals surface area contributed by atoms with Crippen molar-refractivity contribution in [2.75, 3.05) is 19.0 Å². The quantitative estimate of drug-likeness (QED) is 0.464. The molecule has 0 saturated carbocycles. The minimum Gasteiger partial charge on any atom is -0.493 e. The topological polar surface area (TPSA) is 104 Å². The number of nitrogens with zero attached hydrogens (tertiary/aromatic N) is 2. The van der Waals surface area contributed by atoms with Gasteiger partial charge in [-0.25, -0.2) is 4.98 Å². The molecule has 0 aliphatic heterocycles. The van der Waals surface area contributed by atoms with Gasteiger partial charge in [-0.1, -0.05) is 24.3 Å². The highest BCUT2D eigenvalue weighted by Gasteiger charge is 2.25. The third kappa shape index (κ3) is 3.89. The Bertz CT molecular complexity index is 1050. The predicted octanol–water partition coefficient (Wildman–Crippen LogP) is 4.43. The van der Waals surface area contributed by atoms with Crippen LogP contribution in [0.4, 0.5) is 10.8 Å². The van der Waals surface area contributed by atoms with Crippen LogP contribution >= 0.6 is 11.3 Å². The fourth-order valence-corrected chi connectivity index (χ4v) is 3.64. The molecular formula is C19H19N3O5S. The monoisotopic (exact) mass is 401 g/mol. The summed E-state index contributed by atoms with van der Waals surface area (Å²) in [7, 11) is 1.41. The minimum atomic E-state index is -0.636. The number of aromatic nitrogens is 1. The van der Waals surface area contributed by atoms with Crippen LogP contribution in [0.1, 0.15) is 29.8 Å². The number of ether oxygens (including phenoxy) is 2. The lowest BCUT2D eigenvalue weighted by Crippen LogP contribution is -2.14. The SMILES string of the molecule is CCOc1cc([N+](=O)[O-])c(C(=O)Nc2nc3ccc(CC)cc3s2)cc1OC. The number of thiazole rings is 1. The molecule has 1 aromatic heterocycles. The molecule has 3 aromatic rings. The lowest BCUT2D eigenvalue weighted by atomic mass is 10.1. The Hall–Kier alpha value is -3.20. The Kier molecular flexibility index (Phi) is 5.74. The molecule has 0 fully saturated rings. The maximum atomic E-state index is 12.7. The highest BCUT2D eigenvalue weighted by Crippen LogP contribution is 2.35. The second kappa shape index (κ2) is 8.22. The average molecular weight is 401 g/mol. The minimum absolute atomic E-state index is 0.126. The van der Waals surface area contributed by atoms with Gasteiger partial charge in [0, 0.05) is 6.07 Å².